The van der Waals surface area contributed by atoms with Gasteiger partial charge in [-0.05, 0) is 58.9 Å². The number of aromatic nitrogens is 3. The number of aryl methyl sites for hydroxylation is 1. The fourth-order valence-corrected chi connectivity index (χ4v) is 6.02. The fourth-order valence-electron chi connectivity index (χ4n) is 6.02. The van der Waals surface area contributed by atoms with Crippen LogP contribution in [0, 0.1) is 18.7 Å². The Bertz CT molecular complexity index is 1390. The third-order valence-electron chi connectivity index (χ3n) is 8.16. The zero-order valence-corrected chi connectivity index (χ0v) is 25.0. The van der Waals surface area contributed by atoms with E-state index < -0.39 is 29.6 Å². The maximum atomic E-state index is 16.3. The number of halogens is 1. The third-order valence-corrected chi connectivity index (χ3v) is 8.16. The number of benzene rings is 1. The highest BCUT2D eigenvalue weighted by Crippen LogP contribution is 2.35. The summed E-state index contributed by atoms with van der Waals surface area (Å²) in [6.45, 7) is 8.16. The molecule has 42 heavy (non-hydrogen) atoms. The van der Waals surface area contributed by atoms with Gasteiger partial charge in [0.2, 0.25) is 0 Å². The maximum Gasteiger partial charge on any atom is 0.410 e. The standard InChI is InChI=1S/C31H42FN5O5/c1-19-22(17-41-36-19)29(38)35-26(20-11-8-6-5-7-9-12-20)28-33-23-14-13-21(25(32)27(23)34-28)24-18-40-16-10-15-37(24)30(39)42-31(2,3)4/h13-14,17,20,24,26H,5-12,15-16,18H2,1-4H3,(H,33,34)(H,35,38). The van der Waals surface area contributed by atoms with Gasteiger partial charge in [0.25, 0.3) is 5.91 Å². The van der Waals surface area contributed by atoms with E-state index in [9.17, 15) is 9.59 Å². The summed E-state index contributed by atoms with van der Waals surface area (Å²) < 4.78 is 32.7. The van der Waals surface area contributed by atoms with Crippen molar-refractivity contribution in [3.8, 4) is 0 Å². The largest absolute Gasteiger partial charge is 0.444 e. The quantitative estimate of drug-likeness (QED) is 0.350. The summed E-state index contributed by atoms with van der Waals surface area (Å²) >= 11 is 0. The van der Waals surface area contributed by atoms with Crippen molar-refractivity contribution < 1.29 is 28.0 Å². The first-order valence-electron chi connectivity index (χ1n) is 15.1. The SMILES string of the molecule is Cc1nocc1C(=O)NC(c1nc2c(F)c(C3COCCCN3C(=O)OC(C)(C)C)ccc2[nH]1)C1CCCCCCC1. The second-order valence-electron chi connectivity index (χ2n) is 12.5. The molecule has 2 aliphatic rings. The molecule has 1 aromatic carbocycles. The molecule has 0 bridgehead atoms. The maximum absolute atomic E-state index is 16.3. The Balaban J connectivity index is 1.49. The van der Waals surface area contributed by atoms with Gasteiger partial charge in [0, 0.05) is 18.7 Å². The van der Waals surface area contributed by atoms with Crippen LogP contribution in [0.5, 0.6) is 0 Å². The lowest BCUT2D eigenvalue weighted by Gasteiger charge is -2.32. The zero-order valence-electron chi connectivity index (χ0n) is 25.0. The number of aromatic amines is 1. The molecule has 2 amide bonds. The van der Waals surface area contributed by atoms with Crippen LogP contribution in [0.3, 0.4) is 0 Å². The lowest BCUT2D eigenvalue weighted by molar-refractivity contribution is 0.0115. The molecular formula is C31H42FN5O5. The molecule has 0 spiro atoms. The van der Waals surface area contributed by atoms with E-state index >= 15 is 4.39 Å². The molecule has 2 unspecified atom stereocenters. The molecule has 1 saturated heterocycles. The molecule has 1 aliphatic carbocycles. The van der Waals surface area contributed by atoms with Gasteiger partial charge in [-0.1, -0.05) is 43.3 Å². The fraction of sp³-hybridized carbons (Fsp3) is 0.613. The summed E-state index contributed by atoms with van der Waals surface area (Å²) in [4.78, 5) is 36.0. The third kappa shape index (κ3) is 6.77. The Morgan fingerprint density at radius 2 is 1.88 bits per heavy atom. The van der Waals surface area contributed by atoms with E-state index in [2.05, 4.69) is 15.5 Å². The van der Waals surface area contributed by atoms with Crippen molar-refractivity contribution >= 4 is 23.0 Å². The number of rotatable bonds is 5. The zero-order chi connectivity index (χ0) is 29.9. The average molecular weight is 584 g/mol. The van der Waals surface area contributed by atoms with Crippen molar-refractivity contribution in [2.24, 2.45) is 5.92 Å². The van der Waals surface area contributed by atoms with E-state index in [4.69, 9.17) is 19.0 Å². The summed E-state index contributed by atoms with van der Waals surface area (Å²) in [5, 5.41) is 7.01. The number of H-pyrrole nitrogens is 1. The Morgan fingerprint density at radius 3 is 2.57 bits per heavy atom. The Hall–Kier alpha value is -3.47. The summed E-state index contributed by atoms with van der Waals surface area (Å²) in [6.07, 6.45) is 8.97. The van der Waals surface area contributed by atoms with Crippen LogP contribution >= 0.6 is 0 Å². The highest BCUT2D eigenvalue weighted by atomic mass is 19.1. The monoisotopic (exact) mass is 583 g/mol. The number of nitrogens with one attached hydrogen (secondary N) is 2. The molecule has 2 N–H and O–H groups in total. The van der Waals surface area contributed by atoms with Crippen molar-refractivity contribution in [1.29, 1.82) is 0 Å². The van der Waals surface area contributed by atoms with E-state index in [-0.39, 0.29) is 23.9 Å². The first kappa shape index (κ1) is 30.0. The van der Waals surface area contributed by atoms with Gasteiger partial charge in [-0.2, -0.15) is 0 Å². The molecule has 1 saturated carbocycles. The number of hydrogen-bond acceptors (Lipinski definition) is 7. The molecule has 2 atom stereocenters. The van der Waals surface area contributed by atoms with Crippen molar-refractivity contribution in [3.05, 3.63) is 46.9 Å². The number of carbonyl (C=O) groups is 2. The van der Waals surface area contributed by atoms with Crippen LogP contribution in [0.15, 0.2) is 22.9 Å². The second-order valence-corrected chi connectivity index (χ2v) is 12.5. The van der Waals surface area contributed by atoms with E-state index in [1.165, 1.54) is 12.7 Å². The van der Waals surface area contributed by atoms with Crippen molar-refractivity contribution in [2.75, 3.05) is 19.8 Å². The summed E-state index contributed by atoms with van der Waals surface area (Å²) in [5.74, 6) is -0.173. The molecule has 0 radical (unpaired) electrons. The van der Waals surface area contributed by atoms with Crippen LogP contribution in [0.25, 0.3) is 11.0 Å². The predicted octanol–water partition coefficient (Wildman–Crippen LogP) is 6.53. The van der Waals surface area contributed by atoms with Gasteiger partial charge in [-0.3, -0.25) is 9.69 Å². The van der Waals surface area contributed by atoms with Gasteiger partial charge in [0.05, 0.1) is 29.9 Å². The van der Waals surface area contributed by atoms with Gasteiger partial charge >= 0.3 is 6.09 Å². The second kappa shape index (κ2) is 12.8. The number of carbonyl (C=O) groups excluding carboxylic acids is 2. The van der Waals surface area contributed by atoms with Crippen LogP contribution in [-0.4, -0.2) is 57.4 Å². The number of nitrogens with zero attached hydrogens (tertiary/aromatic N) is 3. The van der Waals surface area contributed by atoms with Gasteiger partial charge in [0.1, 0.15) is 28.8 Å². The van der Waals surface area contributed by atoms with Crippen molar-refractivity contribution in [3.63, 3.8) is 0 Å². The number of amides is 2. The van der Waals surface area contributed by atoms with E-state index in [0.29, 0.717) is 47.7 Å². The molecule has 5 rings (SSSR count). The molecule has 228 valence electrons. The molecule has 3 heterocycles. The number of hydrogen-bond donors (Lipinski definition) is 2. The highest BCUT2D eigenvalue weighted by Gasteiger charge is 2.34. The normalized spacial score (nSPS) is 20.0. The summed E-state index contributed by atoms with van der Waals surface area (Å²) in [5.41, 5.74) is 1.20. The Morgan fingerprint density at radius 1 is 1.14 bits per heavy atom. The van der Waals surface area contributed by atoms with Crippen LogP contribution < -0.4 is 5.32 Å². The minimum absolute atomic E-state index is 0.135. The van der Waals surface area contributed by atoms with Crippen molar-refractivity contribution in [2.45, 2.75) is 96.7 Å². The van der Waals surface area contributed by atoms with Gasteiger partial charge in [-0.15, -0.1) is 0 Å². The summed E-state index contributed by atoms with van der Waals surface area (Å²) in [7, 11) is 0. The molecule has 1 aliphatic heterocycles. The van der Waals surface area contributed by atoms with Gasteiger partial charge in [0.15, 0.2) is 5.82 Å². The molecular weight excluding hydrogens is 541 g/mol. The smallest absolute Gasteiger partial charge is 0.410 e. The number of imidazole rings is 1. The van der Waals surface area contributed by atoms with Crippen LogP contribution in [0.2, 0.25) is 0 Å². The Kier molecular flexibility index (Phi) is 9.15. The topological polar surface area (TPSA) is 123 Å². The minimum atomic E-state index is -0.685. The van der Waals surface area contributed by atoms with E-state index in [1.54, 1.807) is 24.0 Å². The lowest BCUT2D eigenvalue weighted by Crippen LogP contribution is -2.40. The van der Waals surface area contributed by atoms with Crippen LogP contribution in [0.1, 0.15) is 112 Å². The van der Waals surface area contributed by atoms with Crippen molar-refractivity contribution in [1.82, 2.24) is 25.3 Å². The lowest BCUT2D eigenvalue weighted by atomic mass is 9.85. The first-order valence-corrected chi connectivity index (χ1v) is 15.1. The highest BCUT2D eigenvalue weighted by molar-refractivity contribution is 5.95. The molecule has 10 nitrogen and oxygen atoms in total. The Labute approximate surface area is 245 Å². The van der Waals surface area contributed by atoms with Gasteiger partial charge in [-0.25, -0.2) is 14.2 Å². The minimum Gasteiger partial charge on any atom is -0.444 e. The number of fused-ring (bicyclic) bond motifs is 1. The average Bonchev–Trinajstić information content (AvgIpc) is 3.46. The molecule has 2 aromatic heterocycles. The van der Waals surface area contributed by atoms with Crippen LogP contribution in [0.4, 0.5) is 9.18 Å². The molecule has 11 heteroatoms. The van der Waals surface area contributed by atoms with E-state index in [0.717, 1.165) is 38.5 Å². The first-order chi connectivity index (χ1) is 20.1. The molecule has 2 fully saturated rings. The number of ether oxygens (including phenoxy) is 2. The van der Waals surface area contributed by atoms with Gasteiger partial charge < -0.3 is 24.3 Å². The molecule has 3 aromatic rings. The van der Waals surface area contributed by atoms with E-state index in [1.807, 2.05) is 20.8 Å². The van der Waals surface area contributed by atoms with Crippen LogP contribution in [-0.2, 0) is 9.47 Å². The summed E-state index contributed by atoms with van der Waals surface area (Å²) in [6, 6.07) is 2.35. The predicted molar refractivity (Wildman–Crippen MR) is 154 cm³/mol.